The molecule has 5 heteroatoms. The van der Waals surface area contributed by atoms with Crippen molar-refractivity contribution in [2.24, 2.45) is 5.92 Å². The van der Waals surface area contributed by atoms with Crippen LogP contribution < -0.4 is 5.32 Å². The summed E-state index contributed by atoms with van der Waals surface area (Å²) in [6, 6.07) is 9.61. The maximum atomic E-state index is 12.3. The molecule has 0 aliphatic heterocycles. The maximum absolute atomic E-state index is 12.3. The molecular formula is C20H21NO3S. The van der Waals surface area contributed by atoms with E-state index in [9.17, 15) is 9.59 Å². The van der Waals surface area contributed by atoms with E-state index >= 15 is 0 Å². The number of hydrogen-bond acceptors (Lipinski definition) is 4. The minimum absolute atomic E-state index is 0.249. The molecule has 0 unspecified atom stereocenters. The van der Waals surface area contributed by atoms with E-state index < -0.39 is 0 Å². The number of nitrogens with one attached hydrogen (secondary N) is 1. The Morgan fingerprint density at radius 3 is 2.76 bits per heavy atom. The first kappa shape index (κ1) is 17.4. The molecule has 0 spiro atoms. The van der Waals surface area contributed by atoms with Crippen LogP contribution in [-0.2, 0) is 22.4 Å². The van der Waals surface area contributed by atoms with Crippen LogP contribution in [0.5, 0.6) is 0 Å². The molecule has 0 saturated heterocycles. The quantitative estimate of drug-likeness (QED) is 0.657. The Kier molecular flexibility index (Phi) is 5.34. The van der Waals surface area contributed by atoms with Crippen LogP contribution in [0.1, 0.15) is 39.7 Å². The van der Waals surface area contributed by atoms with Crippen molar-refractivity contribution in [1.82, 2.24) is 0 Å². The minimum atomic E-state index is -0.380. The van der Waals surface area contributed by atoms with Gasteiger partial charge >= 0.3 is 5.97 Å². The highest BCUT2D eigenvalue weighted by atomic mass is 32.1. The summed E-state index contributed by atoms with van der Waals surface area (Å²) in [7, 11) is 1.37. The summed E-state index contributed by atoms with van der Waals surface area (Å²) in [5.74, 6) is -0.0341. The van der Waals surface area contributed by atoms with Crippen molar-refractivity contribution in [1.29, 1.82) is 0 Å². The molecule has 3 rings (SSSR count). The molecule has 0 fully saturated rings. The number of esters is 1. The number of carbonyl (C=O) groups is 2. The van der Waals surface area contributed by atoms with Crippen LogP contribution in [-0.4, -0.2) is 19.0 Å². The lowest BCUT2D eigenvalue weighted by Gasteiger charge is -2.18. The van der Waals surface area contributed by atoms with E-state index in [0.29, 0.717) is 16.5 Å². The van der Waals surface area contributed by atoms with Gasteiger partial charge in [0.1, 0.15) is 5.00 Å². The van der Waals surface area contributed by atoms with Crippen LogP contribution in [0, 0.1) is 5.92 Å². The number of carbonyl (C=O) groups excluding carboxylic acids is 2. The molecule has 0 saturated carbocycles. The molecule has 1 atom stereocenters. The highest BCUT2D eigenvalue weighted by Crippen LogP contribution is 2.40. The highest BCUT2D eigenvalue weighted by Gasteiger charge is 2.28. The number of hydrogen-bond donors (Lipinski definition) is 1. The van der Waals surface area contributed by atoms with E-state index in [0.717, 1.165) is 30.4 Å². The molecule has 25 heavy (non-hydrogen) atoms. The number of fused-ring (bicyclic) bond motifs is 1. The van der Waals surface area contributed by atoms with Crippen molar-refractivity contribution < 1.29 is 14.3 Å². The highest BCUT2D eigenvalue weighted by molar-refractivity contribution is 7.17. The second-order valence-corrected chi connectivity index (χ2v) is 7.39. The lowest BCUT2D eigenvalue weighted by Crippen LogP contribution is -2.14. The van der Waals surface area contributed by atoms with Crippen LogP contribution >= 0.6 is 11.3 Å². The summed E-state index contributed by atoms with van der Waals surface area (Å²) in [6.07, 6.45) is 6.09. The molecule has 1 heterocycles. The van der Waals surface area contributed by atoms with Gasteiger partial charge < -0.3 is 10.1 Å². The Bertz CT molecular complexity index is 808. The van der Waals surface area contributed by atoms with Crippen molar-refractivity contribution in [3.63, 3.8) is 0 Å². The first-order valence-electron chi connectivity index (χ1n) is 8.35. The summed E-state index contributed by atoms with van der Waals surface area (Å²) in [5.41, 5.74) is 2.51. The first-order valence-corrected chi connectivity index (χ1v) is 9.17. The van der Waals surface area contributed by atoms with E-state index in [1.807, 2.05) is 30.3 Å². The van der Waals surface area contributed by atoms with Gasteiger partial charge in [0.05, 0.1) is 12.7 Å². The number of ether oxygens (including phenoxy) is 1. The zero-order chi connectivity index (χ0) is 17.8. The molecule has 1 aliphatic carbocycles. The van der Waals surface area contributed by atoms with E-state index in [4.69, 9.17) is 4.74 Å². The van der Waals surface area contributed by atoms with Crippen molar-refractivity contribution >= 4 is 34.3 Å². The Hall–Kier alpha value is -2.40. The fourth-order valence-corrected chi connectivity index (χ4v) is 4.45. The lowest BCUT2D eigenvalue weighted by atomic mass is 9.88. The third-order valence-corrected chi connectivity index (χ3v) is 5.53. The molecule has 4 nitrogen and oxygen atoms in total. The molecule has 0 radical (unpaired) electrons. The van der Waals surface area contributed by atoms with Crippen molar-refractivity contribution in [2.45, 2.75) is 26.2 Å². The topological polar surface area (TPSA) is 55.4 Å². The van der Waals surface area contributed by atoms with E-state index in [1.54, 1.807) is 6.08 Å². The summed E-state index contributed by atoms with van der Waals surface area (Å²) >= 11 is 1.49. The van der Waals surface area contributed by atoms with Gasteiger partial charge in [-0.25, -0.2) is 4.79 Å². The Labute approximate surface area is 151 Å². The Morgan fingerprint density at radius 2 is 2.04 bits per heavy atom. The van der Waals surface area contributed by atoms with E-state index in [1.165, 1.54) is 29.4 Å². The third kappa shape index (κ3) is 3.99. The predicted octanol–water partition coefficient (Wildman–Crippen LogP) is 4.31. The number of amides is 1. The maximum Gasteiger partial charge on any atom is 0.341 e. The Morgan fingerprint density at radius 1 is 1.28 bits per heavy atom. The molecule has 1 aromatic carbocycles. The fraction of sp³-hybridized carbons (Fsp3) is 0.300. The SMILES string of the molecule is COC(=O)c1c(NC(=O)/C=C/c2ccccc2)sc2c1CC[C@@H](C)C2. The van der Waals surface area contributed by atoms with Gasteiger partial charge in [-0.3, -0.25) is 4.79 Å². The third-order valence-electron chi connectivity index (χ3n) is 4.36. The zero-order valence-electron chi connectivity index (χ0n) is 14.4. The monoisotopic (exact) mass is 355 g/mol. The van der Waals surface area contributed by atoms with Gasteiger partial charge in [-0.1, -0.05) is 37.3 Å². The van der Waals surface area contributed by atoms with Crippen molar-refractivity contribution in [3.8, 4) is 0 Å². The molecule has 1 aromatic heterocycles. The molecular weight excluding hydrogens is 334 g/mol. The van der Waals surface area contributed by atoms with Gasteiger partial charge in [0, 0.05) is 11.0 Å². The van der Waals surface area contributed by atoms with Gasteiger partial charge in [-0.05, 0) is 42.4 Å². The number of anilines is 1. The zero-order valence-corrected chi connectivity index (χ0v) is 15.2. The van der Waals surface area contributed by atoms with Gasteiger partial charge in [0.15, 0.2) is 0 Å². The molecule has 130 valence electrons. The van der Waals surface area contributed by atoms with Crippen LogP contribution in [0.4, 0.5) is 5.00 Å². The second kappa shape index (κ2) is 7.66. The van der Waals surface area contributed by atoms with Crippen LogP contribution in [0.2, 0.25) is 0 Å². The molecule has 1 aliphatic rings. The van der Waals surface area contributed by atoms with Crippen LogP contribution in [0.3, 0.4) is 0 Å². The normalized spacial score (nSPS) is 16.5. The average molecular weight is 355 g/mol. The van der Waals surface area contributed by atoms with Crippen molar-refractivity contribution in [2.75, 3.05) is 12.4 Å². The molecule has 2 aromatic rings. The molecule has 0 bridgehead atoms. The number of thiophene rings is 1. The summed E-state index contributed by atoms with van der Waals surface area (Å²) < 4.78 is 4.94. The van der Waals surface area contributed by atoms with E-state index in [2.05, 4.69) is 12.2 Å². The van der Waals surface area contributed by atoms with Gasteiger partial charge in [0.2, 0.25) is 5.91 Å². The standard InChI is InChI=1S/C20H21NO3S/c1-13-8-10-15-16(12-13)25-19(18(15)20(23)24-2)21-17(22)11-9-14-6-4-3-5-7-14/h3-7,9,11,13H,8,10,12H2,1-2H3,(H,21,22)/b11-9+/t13-/m1/s1. The molecule has 1 amide bonds. The number of rotatable bonds is 4. The predicted molar refractivity (Wildman–Crippen MR) is 101 cm³/mol. The fourth-order valence-electron chi connectivity index (χ4n) is 3.05. The summed E-state index contributed by atoms with van der Waals surface area (Å²) in [5, 5.41) is 3.45. The summed E-state index contributed by atoms with van der Waals surface area (Å²) in [6.45, 7) is 2.21. The number of benzene rings is 1. The molecule has 1 N–H and O–H groups in total. The number of methoxy groups -OCH3 is 1. The second-order valence-electron chi connectivity index (χ2n) is 6.28. The van der Waals surface area contributed by atoms with E-state index in [-0.39, 0.29) is 11.9 Å². The van der Waals surface area contributed by atoms with Crippen molar-refractivity contribution in [3.05, 3.63) is 58.0 Å². The smallest absolute Gasteiger partial charge is 0.341 e. The summed E-state index contributed by atoms with van der Waals surface area (Å²) in [4.78, 5) is 25.7. The lowest BCUT2D eigenvalue weighted by molar-refractivity contribution is -0.111. The van der Waals surface area contributed by atoms with Gasteiger partial charge in [-0.15, -0.1) is 11.3 Å². The minimum Gasteiger partial charge on any atom is -0.465 e. The van der Waals surface area contributed by atoms with Crippen LogP contribution in [0.25, 0.3) is 6.08 Å². The van der Waals surface area contributed by atoms with Gasteiger partial charge in [0.25, 0.3) is 0 Å². The average Bonchev–Trinajstić information content (AvgIpc) is 2.97. The Balaban J connectivity index is 1.83. The first-order chi connectivity index (χ1) is 12.1. The largest absolute Gasteiger partial charge is 0.465 e. The van der Waals surface area contributed by atoms with Crippen LogP contribution in [0.15, 0.2) is 36.4 Å². The van der Waals surface area contributed by atoms with Gasteiger partial charge in [-0.2, -0.15) is 0 Å².